The van der Waals surface area contributed by atoms with Gasteiger partial charge in [0, 0.05) is 25.1 Å². The number of nitrogens with one attached hydrogen (secondary N) is 1. The lowest BCUT2D eigenvalue weighted by atomic mass is 10.1. The van der Waals surface area contributed by atoms with Crippen LogP contribution in [0, 0.1) is 5.92 Å². The molecule has 4 heteroatoms. The van der Waals surface area contributed by atoms with E-state index in [-0.39, 0.29) is 6.04 Å². The zero-order valence-corrected chi connectivity index (χ0v) is 11.8. The van der Waals surface area contributed by atoms with Gasteiger partial charge in [0.15, 0.2) is 0 Å². The molecule has 1 amide bonds. The Hall–Kier alpha value is -0.610. The van der Waals surface area contributed by atoms with Crippen LogP contribution in [0.2, 0.25) is 0 Å². The summed E-state index contributed by atoms with van der Waals surface area (Å²) >= 11 is 0. The standard InChI is InChI=1S/C15H26N2O2/c18-15(14-4-2-1-3-8-16-14)17(13-5-6-13)10-12-7-9-19-11-12/h12-14,16H,1-11H2. The van der Waals surface area contributed by atoms with Crippen molar-refractivity contribution in [2.45, 2.75) is 57.0 Å². The van der Waals surface area contributed by atoms with Crippen molar-refractivity contribution in [1.29, 1.82) is 0 Å². The Balaban J connectivity index is 1.59. The number of ether oxygens (including phenoxy) is 1. The van der Waals surface area contributed by atoms with Crippen LogP contribution in [0.15, 0.2) is 0 Å². The SMILES string of the molecule is O=C(C1CCCCCN1)N(CC1CCOC1)C1CC1. The summed E-state index contributed by atoms with van der Waals surface area (Å²) in [7, 11) is 0. The molecular weight excluding hydrogens is 240 g/mol. The van der Waals surface area contributed by atoms with Gasteiger partial charge in [-0.3, -0.25) is 4.79 Å². The van der Waals surface area contributed by atoms with E-state index in [2.05, 4.69) is 10.2 Å². The Bertz CT molecular complexity index is 303. The summed E-state index contributed by atoms with van der Waals surface area (Å²) in [6, 6.07) is 0.601. The Morgan fingerprint density at radius 1 is 1.16 bits per heavy atom. The second-order valence-corrected chi connectivity index (χ2v) is 6.31. The number of carbonyl (C=O) groups is 1. The molecule has 0 aromatic rings. The van der Waals surface area contributed by atoms with Crippen LogP contribution in [0.25, 0.3) is 0 Å². The Kier molecular flexibility index (Phi) is 4.38. The lowest BCUT2D eigenvalue weighted by Gasteiger charge is -2.29. The van der Waals surface area contributed by atoms with Gasteiger partial charge >= 0.3 is 0 Å². The topological polar surface area (TPSA) is 41.6 Å². The first-order valence-corrected chi connectivity index (χ1v) is 7.96. The van der Waals surface area contributed by atoms with Gasteiger partial charge < -0.3 is 15.0 Å². The minimum absolute atomic E-state index is 0.0745. The summed E-state index contributed by atoms with van der Waals surface area (Å²) in [6.45, 7) is 3.64. The van der Waals surface area contributed by atoms with E-state index in [0.717, 1.165) is 39.1 Å². The van der Waals surface area contributed by atoms with E-state index in [1.807, 2.05) is 0 Å². The highest BCUT2D eigenvalue weighted by atomic mass is 16.5. The van der Waals surface area contributed by atoms with Crippen LogP contribution in [-0.2, 0) is 9.53 Å². The molecule has 3 aliphatic rings. The first kappa shape index (κ1) is 13.4. The summed E-state index contributed by atoms with van der Waals surface area (Å²) in [5.74, 6) is 0.923. The molecule has 2 aliphatic heterocycles. The van der Waals surface area contributed by atoms with Gasteiger partial charge in [0.2, 0.25) is 5.91 Å². The number of amides is 1. The average Bonchev–Trinajstić information content (AvgIpc) is 3.19. The summed E-state index contributed by atoms with van der Waals surface area (Å²) in [5.41, 5.74) is 0. The molecule has 0 radical (unpaired) electrons. The van der Waals surface area contributed by atoms with E-state index < -0.39 is 0 Å². The molecule has 0 bridgehead atoms. The molecular formula is C15H26N2O2. The third kappa shape index (κ3) is 3.48. The fourth-order valence-corrected chi connectivity index (χ4v) is 3.25. The first-order chi connectivity index (χ1) is 9.34. The van der Waals surface area contributed by atoms with Crippen LogP contribution < -0.4 is 5.32 Å². The van der Waals surface area contributed by atoms with Crippen molar-refractivity contribution < 1.29 is 9.53 Å². The molecule has 3 fully saturated rings. The number of carbonyl (C=O) groups excluding carboxylic acids is 1. The summed E-state index contributed by atoms with van der Waals surface area (Å²) in [4.78, 5) is 14.9. The Labute approximate surface area is 115 Å². The molecule has 1 saturated carbocycles. The van der Waals surface area contributed by atoms with Gasteiger partial charge in [0.25, 0.3) is 0 Å². The normalized spacial score (nSPS) is 32.0. The van der Waals surface area contributed by atoms with Crippen LogP contribution in [0.5, 0.6) is 0 Å². The third-order valence-corrected chi connectivity index (χ3v) is 4.61. The lowest BCUT2D eigenvalue weighted by molar-refractivity contribution is -0.134. The largest absolute Gasteiger partial charge is 0.381 e. The van der Waals surface area contributed by atoms with Gasteiger partial charge in [-0.1, -0.05) is 12.8 Å². The highest BCUT2D eigenvalue weighted by molar-refractivity contribution is 5.82. The van der Waals surface area contributed by atoms with E-state index in [4.69, 9.17) is 4.74 Å². The summed E-state index contributed by atoms with van der Waals surface area (Å²) in [5, 5.41) is 3.45. The van der Waals surface area contributed by atoms with E-state index in [0.29, 0.717) is 17.9 Å². The van der Waals surface area contributed by atoms with Gasteiger partial charge in [0.05, 0.1) is 12.6 Å². The number of hydrogen-bond donors (Lipinski definition) is 1. The lowest BCUT2D eigenvalue weighted by Crippen LogP contribution is -2.48. The smallest absolute Gasteiger partial charge is 0.239 e. The predicted molar refractivity (Wildman–Crippen MR) is 73.9 cm³/mol. The zero-order valence-electron chi connectivity index (χ0n) is 11.8. The molecule has 2 atom stereocenters. The van der Waals surface area contributed by atoms with Crippen LogP contribution >= 0.6 is 0 Å². The van der Waals surface area contributed by atoms with Crippen molar-refractivity contribution >= 4 is 5.91 Å². The molecule has 4 nitrogen and oxygen atoms in total. The van der Waals surface area contributed by atoms with Crippen molar-refractivity contribution in [2.24, 2.45) is 5.92 Å². The van der Waals surface area contributed by atoms with Crippen LogP contribution in [0.4, 0.5) is 0 Å². The molecule has 0 aromatic carbocycles. The van der Waals surface area contributed by atoms with Gasteiger partial charge in [-0.2, -0.15) is 0 Å². The number of hydrogen-bond acceptors (Lipinski definition) is 3. The fourth-order valence-electron chi connectivity index (χ4n) is 3.25. The molecule has 1 N–H and O–H groups in total. The molecule has 2 unspecified atom stereocenters. The van der Waals surface area contributed by atoms with E-state index in [1.165, 1.54) is 32.1 Å². The molecule has 0 spiro atoms. The first-order valence-electron chi connectivity index (χ1n) is 7.96. The summed E-state index contributed by atoms with van der Waals surface area (Å²) < 4.78 is 5.45. The molecule has 3 rings (SSSR count). The quantitative estimate of drug-likeness (QED) is 0.839. The van der Waals surface area contributed by atoms with Crippen molar-refractivity contribution in [3.63, 3.8) is 0 Å². The Morgan fingerprint density at radius 2 is 2.05 bits per heavy atom. The monoisotopic (exact) mass is 266 g/mol. The van der Waals surface area contributed by atoms with E-state index in [1.54, 1.807) is 0 Å². The predicted octanol–water partition coefficient (Wildman–Crippen LogP) is 1.55. The van der Waals surface area contributed by atoms with Crippen molar-refractivity contribution in [3.8, 4) is 0 Å². The highest BCUT2D eigenvalue weighted by Crippen LogP contribution is 2.30. The van der Waals surface area contributed by atoms with Crippen LogP contribution in [-0.4, -0.2) is 49.2 Å². The fraction of sp³-hybridized carbons (Fsp3) is 0.933. The second-order valence-electron chi connectivity index (χ2n) is 6.31. The highest BCUT2D eigenvalue weighted by Gasteiger charge is 2.37. The van der Waals surface area contributed by atoms with Gasteiger partial charge in [0.1, 0.15) is 0 Å². The maximum Gasteiger partial charge on any atom is 0.239 e. The van der Waals surface area contributed by atoms with Crippen molar-refractivity contribution in [2.75, 3.05) is 26.3 Å². The molecule has 0 aromatic heterocycles. The van der Waals surface area contributed by atoms with E-state index >= 15 is 0 Å². The minimum Gasteiger partial charge on any atom is -0.381 e. The molecule has 108 valence electrons. The Morgan fingerprint density at radius 3 is 2.79 bits per heavy atom. The van der Waals surface area contributed by atoms with E-state index in [9.17, 15) is 4.79 Å². The van der Waals surface area contributed by atoms with Crippen molar-refractivity contribution in [3.05, 3.63) is 0 Å². The number of nitrogens with zero attached hydrogens (tertiary/aromatic N) is 1. The second kappa shape index (κ2) is 6.23. The maximum absolute atomic E-state index is 12.7. The summed E-state index contributed by atoms with van der Waals surface area (Å²) in [6.07, 6.45) is 8.20. The van der Waals surface area contributed by atoms with Crippen molar-refractivity contribution in [1.82, 2.24) is 10.2 Å². The van der Waals surface area contributed by atoms with Gasteiger partial charge in [-0.15, -0.1) is 0 Å². The zero-order chi connectivity index (χ0) is 13.1. The number of rotatable bonds is 4. The maximum atomic E-state index is 12.7. The molecule has 1 aliphatic carbocycles. The average molecular weight is 266 g/mol. The van der Waals surface area contributed by atoms with Gasteiger partial charge in [-0.25, -0.2) is 0 Å². The molecule has 2 heterocycles. The van der Waals surface area contributed by atoms with Crippen LogP contribution in [0.1, 0.15) is 44.9 Å². The minimum atomic E-state index is 0.0745. The van der Waals surface area contributed by atoms with Crippen LogP contribution in [0.3, 0.4) is 0 Å². The third-order valence-electron chi connectivity index (χ3n) is 4.61. The molecule has 2 saturated heterocycles. The van der Waals surface area contributed by atoms with Gasteiger partial charge in [-0.05, 0) is 38.6 Å². The molecule has 19 heavy (non-hydrogen) atoms.